The Hall–Kier alpha value is -0.680. The predicted molar refractivity (Wildman–Crippen MR) is 72.4 cm³/mol. The Morgan fingerprint density at radius 3 is 2.60 bits per heavy atom. The summed E-state index contributed by atoms with van der Waals surface area (Å²) in [6.07, 6.45) is 3.21. The lowest BCUT2D eigenvalue weighted by Gasteiger charge is -2.28. The van der Waals surface area contributed by atoms with E-state index in [-0.39, 0.29) is 31.4 Å². The van der Waals surface area contributed by atoms with E-state index in [4.69, 9.17) is 4.74 Å². The average Bonchev–Trinajstić information content (AvgIpc) is 2.42. The molecule has 0 bridgehead atoms. The number of halogens is 2. The Balaban J connectivity index is 0.00000200. The molecule has 5 heteroatoms. The summed E-state index contributed by atoms with van der Waals surface area (Å²) in [7, 11) is 0. The highest BCUT2D eigenvalue weighted by Crippen LogP contribution is 2.10. The van der Waals surface area contributed by atoms with Crippen molar-refractivity contribution in [2.24, 2.45) is 0 Å². The molecule has 20 heavy (non-hydrogen) atoms. The van der Waals surface area contributed by atoms with Crippen LogP contribution in [-0.4, -0.2) is 42.4 Å². The molecule has 1 N–H and O–H groups in total. The summed E-state index contributed by atoms with van der Waals surface area (Å²) in [5.41, 5.74) is 0.535. The average molecular weight is 303 g/mol. The number of aliphatic hydroxyl groups excluding tert-OH is 1. The lowest BCUT2D eigenvalue weighted by Crippen LogP contribution is -3.00. The Bertz CT molecular complexity index is 386. The number of nitrogens with zero attached hydrogens (tertiary/aromatic N) is 1. The number of aliphatic hydroxyl groups is 1. The fraction of sp³-hybridized carbons (Fsp3) is 0.600. The van der Waals surface area contributed by atoms with Crippen molar-refractivity contribution < 1.29 is 26.6 Å². The first kappa shape index (κ1) is 17.4. The Labute approximate surface area is 126 Å². The third kappa shape index (κ3) is 5.75. The van der Waals surface area contributed by atoms with Crippen LogP contribution in [0.5, 0.6) is 0 Å². The van der Waals surface area contributed by atoms with Gasteiger partial charge in [0.15, 0.2) is 0 Å². The van der Waals surface area contributed by atoms with Gasteiger partial charge in [-0.2, -0.15) is 0 Å². The number of rotatable bonds is 6. The molecule has 114 valence electrons. The van der Waals surface area contributed by atoms with Crippen molar-refractivity contribution in [3.8, 4) is 0 Å². The van der Waals surface area contributed by atoms with Crippen molar-refractivity contribution in [3.63, 3.8) is 0 Å². The summed E-state index contributed by atoms with van der Waals surface area (Å²) in [4.78, 5) is 2.26. The van der Waals surface area contributed by atoms with E-state index >= 15 is 0 Å². The second kappa shape index (κ2) is 9.29. The SMILES string of the molecule is OC(COCc1ccccc1F)CN1CCCCC1.[Cl-]. The van der Waals surface area contributed by atoms with E-state index in [2.05, 4.69) is 4.90 Å². The van der Waals surface area contributed by atoms with Crippen LogP contribution in [0.2, 0.25) is 0 Å². The molecule has 1 aromatic carbocycles. The van der Waals surface area contributed by atoms with Crippen LogP contribution in [0.15, 0.2) is 24.3 Å². The number of ether oxygens (including phenoxy) is 1. The zero-order valence-corrected chi connectivity index (χ0v) is 12.4. The minimum atomic E-state index is -0.495. The summed E-state index contributed by atoms with van der Waals surface area (Å²) in [6.45, 7) is 3.24. The molecule has 1 unspecified atom stereocenters. The van der Waals surface area contributed by atoms with Gasteiger partial charge >= 0.3 is 0 Å². The molecule has 1 atom stereocenters. The fourth-order valence-corrected chi connectivity index (χ4v) is 2.41. The van der Waals surface area contributed by atoms with Gasteiger partial charge in [-0.3, -0.25) is 0 Å². The monoisotopic (exact) mass is 302 g/mol. The Morgan fingerprint density at radius 2 is 1.90 bits per heavy atom. The first-order chi connectivity index (χ1) is 9.25. The second-order valence-electron chi connectivity index (χ2n) is 5.12. The fourth-order valence-electron chi connectivity index (χ4n) is 2.41. The van der Waals surface area contributed by atoms with Crippen LogP contribution in [0.4, 0.5) is 4.39 Å². The molecule has 0 aromatic heterocycles. The van der Waals surface area contributed by atoms with Gasteiger partial charge in [0.05, 0.1) is 19.3 Å². The first-order valence-electron chi connectivity index (χ1n) is 6.97. The van der Waals surface area contributed by atoms with E-state index in [0.29, 0.717) is 12.1 Å². The Kier molecular flexibility index (Phi) is 8.07. The van der Waals surface area contributed by atoms with Gasteiger partial charge in [-0.25, -0.2) is 4.39 Å². The zero-order valence-electron chi connectivity index (χ0n) is 11.6. The zero-order chi connectivity index (χ0) is 13.5. The van der Waals surface area contributed by atoms with Crippen LogP contribution in [0.1, 0.15) is 24.8 Å². The van der Waals surface area contributed by atoms with Crippen LogP contribution in [0.3, 0.4) is 0 Å². The third-order valence-electron chi connectivity index (χ3n) is 3.44. The first-order valence-corrected chi connectivity index (χ1v) is 6.97. The molecule has 1 aliphatic rings. The number of β-amino-alcohol motifs (C(OH)–C–C–N with tert-alkyl or cyclic N) is 1. The van der Waals surface area contributed by atoms with Gasteiger partial charge in [0.2, 0.25) is 0 Å². The quantitative estimate of drug-likeness (QED) is 0.746. The molecule has 0 aliphatic carbocycles. The highest BCUT2D eigenvalue weighted by atomic mass is 35.5. The van der Waals surface area contributed by atoms with E-state index in [1.54, 1.807) is 18.2 Å². The molecule has 1 aromatic rings. The van der Waals surface area contributed by atoms with Crippen LogP contribution in [0.25, 0.3) is 0 Å². The van der Waals surface area contributed by atoms with Crippen LogP contribution in [0, 0.1) is 5.82 Å². The molecule has 1 fully saturated rings. The van der Waals surface area contributed by atoms with Crippen molar-refractivity contribution in [2.45, 2.75) is 32.0 Å². The van der Waals surface area contributed by atoms with Crippen LogP contribution >= 0.6 is 0 Å². The summed E-state index contributed by atoms with van der Waals surface area (Å²) in [6, 6.07) is 6.56. The smallest absolute Gasteiger partial charge is 0.128 e. The van der Waals surface area contributed by atoms with Crippen LogP contribution < -0.4 is 12.4 Å². The van der Waals surface area contributed by atoms with Gasteiger partial charge in [0.1, 0.15) is 5.82 Å². The second-order valence-corrected chi connectivity index (χ2v) is 5.12. The third-order valence-corrected chi connectivity index (χ3v) is 3.44. The number of hydrogen-bond donors (Lipinski definition) is 1. The standard InChI is InChI=1S/C15H22FNO2.ClH/c16-15-7-3-2-6-13(15)11-19-12-14(18)10-17-8-4-1-5-9-17;/h2-3,6-7,14,18H,1,4-5,8-12H2;1H/p-1. The maximum atomic E-state index is 13.3. The molecule has 0 radical (unpaired) electrons. The van der Waals surface area contributed by atoms with Crippen molar-refractivity contribution in [3.05, 3.63) is 35.6 Å². The number of piperidine rings is 1. The minimum absolute atomic E-state index is 0. The van der Waals surface area contributed by atoms with Gasteiger partial charge in [-0.1, -0.05) is 24.6 Å². The van der Waals surface area contributed by atoms with Crippen molar-refractivity contribution in [2.75, 3.05) is 26.2 Å². The Morgan fingerprint density at radius 1 is 1.20 bits per heavy atom. The molecule has 2 rings (SSSR count). The topological polar surface area (TPSA) is 32.7 Å². The van der Waals surface area contributed by atoms with E-state index in [9.17, 15) is 9.50 Å². The normalized spacial score (nSPS) is 17.5. The predicted octanol–water partition coefficient (Wildman–Crippen LogP) is -0.807. The number of hydrogen-bond acceptors (Lipinski definition) is 3. The van der Waals surface area contributed by atoms with Crippen molar-refractivity contribution in [1.29, 1.82) is 0 Å². The molecule has 3 nitrogen and oxygen atoms in total. The lowest BCUT2D eigenvalue weighted by molar-refractivity contribution is -0.0000111. The molecule has 0 saturated carbocycles. The highest BCUT2D eigenvalue weighted by molar-refractivity contribution is 5.16. The van der Waals surface area contributed by atoms with Crippen LogP contribution in [-0.2, 0) is 11.3 Å². The summed E-state index contributed by atoms with van der Waals surface area (Å²) in [5.74, 6) is -0.256. The summed E-state index contributed by atoms with van der Waals surface area (Å²) >= 11 is 0. The maximum Gasteiger partial charge on any atom is 0.128 e. The van der Waals surface area contributed by atoms with Gasteiger partial charge in [-0.05, 0) is 32.0 Å². The molecule has 1 heterocycles. The molecular formula is C15H22ClFNO2-. The van der Waals surface area contributed by atoms with E-state index < -0.39 is 6.10 Å². The van der Waals surface area contributed by atoms with E-state index in [0.717, 1.165) is 13.1 Å². The lowest BCUT2D eigenvalue weighted by atomic mass is 10.1. The molecule has 1 aliphatic heterocycles. The maximum absolute atomic E-state index is 13.3. The number of likely N-dealkylation sites (tertiary alicyclic amines) is 1. The molecular weight excluding hydrogens is 281 g/mol. The molecule has 0 amide bonds. The molecule has 1 saturated heterocycles. The molecule has 0 spiro atoms. The number of benzene rings is 1. The van der Waals surface area contributed by atoms with Gasteiger partial charge < -0.3 is 27.2 Å². The summed E-state index contributed by atoms with van der Waals surface area (Å²) in [5, 5.41) is 9.89. The van der Waals surface area contributed by atoms with Gasteiger partial charge in [0.25, 0.3) is 0 Å². The van der Waals surface area contributed by atoms with Gasteiger partial charge in [0, 0.05) is 12.1 Å². The minimum Gasteiger partial charge on any atom is -1.00 e. The summed E-state index contributed by atoms with van der Waals surface area (Å²) < 4.78 is 18.7. The van der Waals surface area contributed by atoms with Crippen molar-refractivity contribution >= 4 is 0 Å². The highest BCUT2D eigenvalue weighted by Gasteiger charge is 2.14. The van der Waals surface area contributed by atoms with Gasteiger partial charge in [-0.15, -0.1) is 0 Å². The van der Waals surface area contributed by atoms with E-state index in [1.165, 1.54) is 25.3 Å². The van der Waals surface area contributed by atoms with Crippen molar-refractivity contribution in [1.82, 2.24) is 4.90 Å². The largest absolute Gasteiger partial charge is 1.00 e. The van der Waals surface area contributed by atoms with E-state index in [1.807, 2.05) is 0 Å².